The molecule has 1 aliphatic rings. The number of para-hydroxylation sites is 2. The molecule has 0 aliphatic carbocycles. The van der Waals surface area contributed by atoms with E-state index >= 15 is 0 Å². The highest BCUT2D eigenvalue weighted by atomic mass is 32.2. The molecular weight excluding hydrogens is 242 g/mol. The maximum absolute atomic E-state index is 5.68. The Labute approximate surface area is 114 Å². The van der Waals surface area contributed by atoms with Crippen LogP contribution < -0.4 is 10.1 Å². The second-order valence-corrected chi connectivity index (χ2v) is 6.59. The van der Waals surface area contributed by atoms with E-state index in [1.807, 2.05) is 30.8 Å². The van der Waals surface area contributed by atoms with Crippen LogP contribution in [0.1, 0.15) is 27.2 Å². The third-order valence-corrected chi connectivity index (χ3v) is 4.70. The summed E-state index contributed by atoms with van der Waals surface area (Å²) >= 11 is 2.04. The second kappa shape index (κ2) is 5.87. The summed E-state index contributed by atoms with van der Waals surface area (Å²) in [6.07, 6.45) is 1.27. The Hall–Kier alpha value is -0.830. The predicted octanol–water partition coefficient (Wildman–Crippen LogP) is 4.03. The van der Waals surface area contributed by atoms with Gasteiger partial charge in [0.1, 0.15) is 5.75 Å². The van der Waals surface area contributed by atoms with Crippen molar-refractivity contribution in [3.05, 3.63) is 24.3 Å². The molecule has 1 fully saturated rings. The van der Waals surface area contributed by atoms with Crippen LogP contribution in [0.15, 0.2) is 24.3 Å². The van der Waals surface area contributed by atoms with E-state index in [2.05, 4.69) is 31.3 Å². The Kier molecular flexibility index (Phi) is 4.44. The largest absolute Gasteiger partial charge is 0.492 e. The lowest BCUT2D eigenvalue weighted by atomic mass is 9.82. The second-order valence-electron chi connectivity index (χ2n) is 5.44. The third-order valence-electron chi connectivity index (χ3n) is 3.64. The van der Waals surface area contributed by atoms with E-state index in [-0.39, 0.29) is 0 Å². The van der Waals surface area contributed by atoms with Crippen LogP contribution in [0.2, 0.25) is 0 Å². The lowest BCUT2D eigenvalue weighted by Crippen LogP contribution is -2.41. The van der Waals surface area contributed by atoms with Crippen LogP contribution in [0.25, 0.3) is 0 Å². The Morgan fingerprint density at radius 2 is 2.17 bits per heavy atom. The zero-order valence-electron chi connectivity index (χ0n) is 11.5. The molecule has 1 saturated heterocycles. The summed E-state index contributed by atoms with van der Waals surface area (Å²) in [5, 5.41) is 3.68. The van der Waals surface area contributed by atoms with Gasteiger partial charge in [0.15, 0.2) is 0 Å². The fraction of sp³-hybridized carbons (Fsp3) is 0.600. The summed E-state index contributed by atoms with van der Waals surface area (Å²) in [7, 11) is 0. The quantitative estimate of drug-likeness (QED) is 0.888. The summed E-state index contributed by atoms with van der Waals surface area (Å²) in [6.45, 7) is 7.44. The van der Waals surface area contributed by atoms with Crippen LogP contribution in [0.3, 0.4) is 0 Å². The zero-order valence-corrected chi connectivity index (χ0v) is 12.3. The van der Waals surface area contributed by atoms with Gasteiger partial charge in [0.05, 0.1) is 12.3 Å². The molecule has 1 atom stereocenters. The van der Waals surface area contributed by atoms with Gasteiger partial charge in [-0.25, -0.2) is 0 Å². The molecular formula is C15H23NOS. The number of rotatable bonds is 4. The van der Waals surface area contributed by atoms with Gasteiger partial charge in [-0.05, 0) is 36.6 Å². The van der Waals surface area contributed by atoms with Gasteiger partial charge < -0.3 is 10.1 Å². The maximum Gasteiger partial charge on any atom is 0.142 e. The topological polar surface area (TPSA) is 21.3 Å². The van der Waals surface area contributed by atoms with E-state index in [4.69, 9.17) is 4.74 Å². The smallest absolute Gasteiger partial charge is 0.142 e. The van der Waals surface area contributed by atoms with E-state index in [0.717, 1.165) is 11.4 Å². The number of anilines is 1. The van der Waals surface area contributed by atoms with Gasteiger partial charge in [-0.2, -0.15) is 11.8 Å². The minimum atomic E-state index is 0.352. The summed E-state index contributed by atoms with van der Waals surface area (Å²) in [5.41, 5.74) is 1.48. The molecule has 0 amide bonds. The van der Waals surface area contributed by atoms with Crippen molar-refractivity contribution < 1.29 is 4.74 Å². The average molecular weight is 265 g/mol. The first-order valence-corrected chi connectivity index (χ1v) is 7.85. The number of hydrogen-bond donors (Lipinski definition) is 1. The van der Waals surface area contributed by atoms with Crippen LogP contribution in [0, 0.1) is 5.41 Å². The minimum absolute atomic E-state index is 0.352. The van der Waals surface area contributed by atoms with Crippen LogP contribution in [-0.2, 0) is 0 Å². The molecule has 0 aromatic heterocycles. The molecule has 0 saturated carbocycles. The van der Waals surface area contributed by atoms with Crippen molar-refractivity contribution in [1.82, 2.24) is 0 Å². The summed E-state index contributed by atoms with van der Waals surface area (Å²) in [5.74, 6) is 3.41. The van der Waals surface area contributed by atoms with Crippen LogP contribution in [0.4, 0.5) is 5.69 Å². The number of nitrogens with one attached hydrogen (secondary N) is 1. The highest BCUT2D eigenvalue weighted by Gasteiger charge is 2.32. The molecule has 100 valence electrons. The van der Waals surface area contributed by atoms with Gasteiger partial charge in [0.25, 0.3) is 0 Å². The van der Waals surface area contributed by atoms with Gasteiger partial charge in [-0.1, -0.05) is 26.0 Å². The normalized spacial score (nSPS) is 22.5. The average Bonchev–Trinajstić information content (AvgIpc) is 2.34. The van der Waals surface area contributed by atoms with Crippen LogP contribution >= 0.6 is 11.8 Å². The fourth-order valence-corrected chi connectivity index (χ4v) is 3.84. The molecule has 1 heterocycles. The minimum Gasteiger partial charge on any atom is -0.492 e. The lowest BCUT2D eigenvalue weighted by molar-refractivity contribution is 0.302. The van der Waals surface area contributed by atoms with Crippen molar-refractivity contribution in [3.8, 4) is 5.75 Å². The first-order chi connectivity index (χ1) is 8.63. The first-order valence-electron chi connectivity index (χ1n) is 6.69. The number of ether oxygens (including phenoxy) is 1. The Morgan fingerprint density at radius 3 is 2.89 bits per heavy atom. The van der Waals surface area contributed by atoms with Gasteiger partial charge in [-0.3, -0.25) is 0 Å². The van der Waals surface area contributed by atoms with Gasteiger partial charge in [0.2, 0.25) is 0 Å². The SMILES string of the molecule is CCOc1ccccc1NC1CSCCC1(C)C. The van der Waals surface area contributed by atoms with E-state index < -0.39 is 0 Å². The molecule has 1 aromatic rings. The fourth-order valence-electron chi connectivity index (χ4n) is 2.23. The van der Waals surface area contributed by atoms with E-state index in [1.54, 1.807) is 0 Å². The monoisotopic (exact) mass is 265 g/mol. The standard InChI is InChI=1S/C15H23NOS/c1-4-17-13-8-6-5-7-12(13)16-14-11-18-10-9-15(14,2)3/h5-8,14,16H,4,9-11H2,1-3H3. The number of hydrogen-bond acceptors (Lipinski definition) is 3. The van der Waals surface area contributed by atoms with Gasteiger partial charge in [-0.15, -0.1) is 0 Å². The van der Waals surface area contributed by atoms with Crippen LogP contribution in [0.5, 0.6) is 5.75 Å². The van der Waals surface area contributed by atoms with Crippen molar-refractivity contribution in [2.24, 2.45) is 5.41 Å². The number of thioether (sulfide) groups is 1. The molecule has 2 rings (SSSR count). The highest BCUT2D eigenvalue weighted by Crippen LogP contribution is 2.37. The van der Waals surface area contributed by atoms with Crippen LogP contribution in [-0.4, -0.2) is 24.2 Å². The Bertz CT molecular complexity index is 392. The summed E-state index contributed by atoms with van der Waals surface area (Å²) in [6, 6.07) is 8.75. The van der Waals surface area contributed by atoms with Crippen molar-refractivity contribution in [1.29, 1.82) is 0 Å². The molecule has 0 spiro atoms. The summed E-state index contributed by atoms with van der Waals surface area (Å²) in [4.78, 5) is 0. The molecule has 18 heavy (non-hydrogen) atoms. The van der Waals surface area contributed by atoms with E-state index in [1.165, 1.54) is 17.9 Å². The zero-order chi connectivity index (χ0) is 13.0. The van der Waals surface area contributed by atoms with Crippen molar-refractivity contribution in [3.63, 3.8) is 0 Å². The lowest BCUT2D eigenvalue weighted by Gasteiger charge is -2.39. The molecule has 3 heteroatoms. The molecule has 2 nitrogen and oxygen atoms in total. The molecule has 1 aromatic carbocycles. The van der Waals surface area contributed by atoms with E-state index in [0.29, 0.717) is 18.1 Å². The van der Waals surface area contributed by atoms with Crippen molar-refractivity contribution >= 4 is 17.4 Å². The van der Waals surface area contributed by atoms with Gasteiger partial charge >= 0.3 is 0 Å². The molecule has 1 N–H and O–H groups in total. The molecule has 1 aliphatic heterocycles. The maximum atomic E-state index is 5.68. The highest BCUT2D eigenvalue weighted by molar-refractivity contribution is 7.99. The number of benzene rings is 1. The molecule has 0 bridgehead atoms. The first kappa shape index (κ1) is 13.6. The van der Waals surface area contributed by atoms with Crippen molar-refractivity contribution in [2.45, 2.75) is 33.2 Å². The Morgan fingerprint density at radius 1 is 1.39 bits per heavy atom. The third kappa shape index (κ3) is 3.14. The summed E-state index contributed by atoms with van der Waals surface area (Å²) < 4.78 is 5.68. The predicted molar refractivity (Wildman–Crippen MR) is 80.7 cm³/mol. The molecule has 1 unspecified atom stereocenters. The molecule has 0 radical (unpaired) electrons. The Balaban J connectivity index is 2.12. The van der Waals surface area contributed by atoms with Crippen molar-refractivity contribution in [2.75, 3.05) is 23.4 Å². The van der Waals surface area contributed by atoms with Gasteiger partial charge in [0, 0.05) is 11.8 Å². The van der Waals surface area contributed by atoms with E-state index in [9.17, 15) is 0 Å².